The van der Waals surface area contributed by atoms with Crippen LogP contribution in [0.25, 0.3) is 0 Å². The summed E-state index contributed by atoms with van der Waals surface area (Å²) in [5.41, 5.74) is 2.06. The molecule has 2 N–H and O–H groups in total. The smallest absolute Gasteiger partial charge is 0.335 e. The summed E-state index contributed by atoms with van der Waals surface area (Å²) >= 11 is 0. The number of nitrogens with one attached hydrogen (secondary N) is 1. The lowest BCUT2D eigenvalue weighted by atomic mass is 10.1. The maximum Gasteiger partial charge on any atom is 0.335 e. The van der Waals surface area contributed by atoms with E-state index < -0.39 is 5.97 Å². The first-order valence-corrected chi connectivity index (χ1v) is 8.75. The molecule has 6 nitrogen and oxygen atoms in total. The van der Waals surface area contributed by atoms with Crippen LogP contribution in [0, 0.1) is 5.92 Å². The Morgan fingerprint density at radius 3 is 2.37 bits per heavy atom. The molecule has 0 aliphatic carbocycles. The summed E-state index contributed by atoms with van der Waals surface area (Å²) < 4.78 is 10.7. The normalized spacial score (nSPS) is 10.7. The molecule has 2 aromatic carbocycles. The minimum atomic E-state index is -1.06. The van der Waals surface area contributed by atoms with Crippen molar-refractivity contribution in [3.63, 3.8) is 0 Å². The number of carbonyl (C=O) groups excluding carboxylic acids is 1. The molecule has 0 aliphatic rings. The van der Waals surface area contributed by atoms with Gasteiger partial charge in [0.1, 0.15) is 5.75 Å². The van der Waals surface area contributed by atoms with Gasteiger partial charge in [-0.25, -0.2) is 4.79 Å². The Bertz CT molecular complexity index is 784. The number of carboxylic acid groups (broad SMARTS) is 1. The standard InChI is InChI=1S/C21H25NO5/c1-14(2)12-27-19-6-4-15(5-7-19)10-20(23)22-18-9-16(13-26-3)8-17(11-18)21(24)25/h4-9,11,14H,10,12-13H2,1-3H3,(H,22,23)(H,24,25). The van der Waals surface area contributed by atoms with E-state index in [0.29, 0.717) is 23.8 Å². The first kappa shape index (κ1) is 20.5. The molecule has 0 radical (unpaired) electrons. The number of carboxylic acids is 1. The van der Waals surface area contributed by atoms with E-state index in [-0.39, 0.29) is 24.5 Å². The van der Waals surface area contributed by atoms with Crippen molar-refractivity contribution in [3.8, 4) is 5.75 Å². The zero-order valence-electron chi connectivity index (χ0n) is 15.8. The van der Waals surface area contributed by atoms with Gasteiger partial charge in [-0.3, -0.25) is 4.79 Å². The highest BCUT2D eigenvalue weighted by atomic mass is 16.5. The summed E-state index contributed by atoms with van der Waals surface area (Å²) in [6.45, 7) is 5.07. The number of amides is 1. The van der Waals surface area contributed by atoms with Crippen molar-refractivity contribution < 1.29 is 24.2 Å². The van der Waals surface area contributed by atoms with E-state index in [2.05, 4.69) is 19.2 Å². The summed E-state index contributed by atoms with van der Waals surface area (Å²) in [4.78, 5) is 23.6. The highest BCUT2D eigenvalue weighted by Crippen LogP contribution is 2.18. The molecule has 6 heteroatoms. The highest BCUT2D eigenvalue weighted by molar-refractivity contribution is 5.95. The van der Waals surface area contributed by atoms with Gasteiger partial charge >= 0.3 is 5.97 Å². The van der Waals surface area contributed by atoms with E-state index in [1.54, 1.807) is 6.07 Å². The van der Waals surface area contributed by atoms with E-state index in [4.69, 9.17) is 9.47 Å². The molecule has 0 aliphatic heterocycles. The molecule has 0 fully saturated rings. The van der Waals surface area contributed by atoms with Gasteiger partial charge in [0.2, 0.25) is 5.91 Å². The van der Waals surface area contributed by atoms with Crippen molar-refractivity contribution in [1.82, 2.24) is 0 Å². The Hall–Kier alpha value is -2.86. The van der Waals surface area contributed by atoms with Gasteiger partial charge in [-0.15, -0.1) is 0 Å². The van der Waals surface area contributed by atoms with Gasteiger partial charge in [0.05, 0.1) is 25.2 Å². The molecule has 0 unspecified atom stereocenters. The zero-order valence-corrected chi connectivity index (χ0v) is 15.8. The second kappa shape index (κ2) is 9.73. The molecular weight excluding hydrogens is 346 g/mol. The molecule has 144 valence electrons. The average Bonchev–Trinajstić information content (AvgIpc) is 2.61. The van der Waals surface area contributed by atoms with Gasteiger partial charge in [0.15, 0.2) is 0 Å². The predicted octanol–water partition coefficient (Wildman–Crippen LogP) is 3.75. The average molecular weight is 371 g/mol. The number of aromatic carboxylic acids is 1. The summed E-state index contributed by atoms with van der Waals surface area (Å²) in [6, 6.07) is 12.0. The molecule has 0 bridgehead atoms. The largest absolute Gasteiger partial charge is 0.493 e. The minimum Gasteiger partial charge on any atom is -0.493 e. The summed E-state index contributed by atoms with van der Waals surface area (Å²) in [6.07, 6.45) is 0.182. The van der Waals surface area contributed by atoms with E-state index in [1.165, 1.54) is 19.2 Å². The molecule has 1 amide bonds. The first-order chi connectivity index (χ1) is 12.9. The van der Waals surface area contributed by atoms with Crippen molar-refractivity contribution in [2.75, 3.05) is 19.0 Å². The van der Waals surface area contributed by atoms with Gasteiger partial charge in [-0.2, -0.15) is 0 Å². The van der Waals surface area contributed by atoms with Gasteiger partial charge in [-0.1, -0.05) is 26.0 Å². The summed E-state index contributed by atoms with van der Waals surface area (Å²) in [5, 5.41) is 12.0. The maximum absolute atomic E-state index is 12.3. The number of methoxy groups -OCH3 is 1. The Balaban J connectivity index is 2.01. The summed E-state index contributed by atoms with van der Waals surface area (Å²) in [5.74, 6) is -0.0663. The zero-order chi connectivity index (χ0) is 19.8. The number of ether oxygens (including phenoxy) is 2. The van der Waals surface area contributed by atoms with Crippen LogP contribution in [0.4, 0.5) is 5.69 Å². The van der Waals surface area contributed by atoms with Crippen LogP contribution in [0.2, 0.25) is 0 Å². The predicted molar refractivity (Wildman–Crippen MR) is 103 cm³/mol. The van der Waals surface area contributed by atoms with E-state index >= 15 is 0 Å². The van der Waals surface area contributed by atoms with Gasteiger partial charge < -0.3 is 19.9 Å². The van der Waals surface area contributed by atoms with Crippen molar-refractivity contribution >= 4 is 17.6 Å². The van der Waals surface area contributed by atoms with Crippen molar-refractivity contribution in [3.05, 3.63) is 59.2 Å². The van der Waals surface area contributed by atoms with Crippen LogP contribution in [0.1, 0.15) is 35.3 Å². The number of benzene rings is 2. The number of carbonyl (C=O) groups is 2. The van der Waals surface area contributed by atoms with Gasteiger partial charge in [-0.05, 0) is 47.4 Å². The second-order valence-corrected chi connectivity index (χ2v) is 6.73. The highest BCUT2D eigenvalue weighted by Gasteiger charge is 2.10. The maximum atomic E-state index is 12.3. The van der Waals surface area contributed by atoms with Crippen LogP contribution in [-0.4, -0.2) is 30.7 Å². The van der Waals surface area contributed by atoms with Crippen molar-refractivity contribution in [2.24, 2.45) is 5.92 Å². The monoisotopic (exact) mass is 371 g/mol. The second-order valence-electron chi connectivity index (χ2n) is 6.73. The topological polar surface area (TPSA) is 84.9 Å². The SMILES string of the molecule is COCc1cc(NC(=O)Cc2ccc(OCC(C)C)cc2)cc(C(=O)O)c1. The fourth-order valence-electron chi connectivity index (χ4n) is 2.49. The minimum absolute atomic E-state index is 0.103. The van der Waals surface area contributed by atoms with Crippen LogP contribution >= 0.6 is 0 Å². The van der Waals surface area contributed by atoms with Crippen LogP contribution in [0.15, 0.2) is 42.5 Å². The third-order valence-corrected chi connectivity index (χ3v) is 3.71. The Labute approximate surface area is 159 Å². The van der Waals surface area contributed by atoms with Crippen LogP contribution in [0.5, 0.6) is 5.75 Å². The quantitative estimate of drug-likeness (QED) is 0.701. The Morgan fingerprint density at radius 1 is 1.07 bits per heavy atom. The number of hydrogen-bond acceptors (Lipinski definition) is 4. The Kier molecular flexibility index (Phi) is 7.37. The Morgan fingerprint density at radius 2 is 1.78 bits per heavy atom. The molecule has 0 saturated carbocycles. The molecule has 0 saturated heterocycles. The van der Waals surface area contributed by atoms with Gasteiger partial charge in [0, 0.05) is 12.8 Å². The van der Waals surface area contributed by atoms with Crippen LogP contribution in [0.3, 0.4) is 0 Å². The lowest BCUT2D eigenvalue weighted by molar-refractivity contribution is -0.115. The lowest BCUT2D eigenvalue weighted by Gasteiger charge is -2.10. The molecule has 0 heterocycles. The van der Waals surface area contributed by atoms with E-state index in [0.717, 1.165) is 11.3 Å². The molecular formula is C21H25NO5. The van der Waals surface area contributed by atoms with E-state index in [9.17, 15) is 14.7 Å². The fraction of sp³-hybridized carbons (Fsp3) is 0.333. The number of anilines is 1. The molecule has 2 rings (SSSR count). The molecule has 0 atom stereocenters. The molecule has 27 heavy (non-hydrogen) atoms. The summed E-state index contributed by atoms with van der Waals surface area (Å²) in [7, 11) is 1.53. The van der Waals surface area contributed by atoms with E-state index in [1.807, 2.05) is 24.3 Å². The number of rotatable bonds is 9. The first-order valence-electron chi connectivity index (χ1n) is 8.75. The van der Waals surface area contributed by atoms with Gasteiger partial charge in [0.25, 0.3) is 0 Å². The van der Waals surface area contributed by atoms with Crippen molar-refractivity contribution in [2.45, 2.75) is 26.9 Å². The molecule has 2 aromatic rings. The van der Waals surface area contributed by atoms with Crippen LogP contribution < -0.4 is 10.1 Å². The fourth-order valence-corrected chi connectivity index (χ4v) is 2.49. The molecule has 0 spiro atoms. The van der Waals surface area contributed by atoms with Crippen LogP contribution in [-0.2, 0) is 22.6 Å². The third kappa shape index (κ3) is 6.75. The lowest BCUT2D eigenvalue weighted by Crippen LogP contribution is -2.15. The molecule has 0 aromatic heterocycles. The van der Waals surface area contributed by atoms with Crippen molar-refractivity contribution in [1.29, 1.82) is 0 Å². The third-order valence-electron chi connectivity index (χ3n) is 3.71. The number of hydrogen-bond donors (Lipinski definition) is 2.